The minimum atomic E-state index is -3.06. The number of guanidine groups is 1. The van der Waals surface area contributed by atoms with Crippen LogP contribution < -0.4 is 15.4 Å². The van der Waals surface area contributed by atoms with Gasteiger partial charge in [-0.25, -0.2) is 4.39 Å². The summed E-state index contributed by atoms with van der Waals surface area (Å²) in [5.74, 6) is -0.841. The van der Waals surface area contributed by atoms with Crippen LogP contribution in [0.15, 0.2) is 23.2 Å². The molecule has 0 fully saturated rings. The Hall–Kier alpha value is -2.45. The molecule has 0 aliphatic rings. The van der Waals surface area contributed by atoms with Crippen molar-refractivity contribution >= 4 is 11.9 Å². The van der Waals surface area contributed by atoms with Gasteiger partial charge in [0.05, 0.1) is 6.54 Å². The van der Waals surface area contributed by atoms with Gasteiger partial charge in [0, 0.05) is 31.7 Å². The second-order valence-electron chi connectivity index (χ2n) is 6.65. The zero-order valence-electron chi connectivity index (χ0n) is 15.6. The number of aliphatic imine (C=N–C) groups is 1. The van der Waals surface area contributed by atoms with E-state index >= 15 is 0 Å². The predicted octanol–water partition coefficient (Wildman–Crippen LogP) is 2.35. The lowest BCUT2D eigenvalue weighted by Gasteiger charge is -2.25. The van der Waals surface area contributed by atoms with Crippen molar-refractivity contribution in [3.63, 3.8) is 0 Å². The highest BCUT2D eigenvalue weighted by Crippen LogP contribution is 2.23. The lowest BCUT2D eigenvalue weighted by atomic mass is 10.1. The molecule has 0 aromatic heterocycles. The molecule has 0 bridgehead atoms. The zero-order chi connectivity index (χ0) is 19.9. The maximum atomic E-state index is 14.0. The number of alkyl halides is 2. The number of carbonyl (C=O) groups is 1. The molecule has 1 aromatic carbocycles. The Bertz CT molecular complexity index is 645. The maximum Gasteiger partial charge on any atom is 0.387 e. The molecule has 0 unspecified atom stereocenters. The van der Waals surface area contributed by atoms with Gasteiger partial charge in [0.2, 0.25) is 5.91 Å². The van der Waals surface area contributed by atoms with Gasteiger partial charge in [-0.05, 0) is 32.9 Å². The van der Waals surface area contributed by atoms with E-state index < -0.39 is 12.4 Å². The summed E-state index contributed by atoms with van der Waals surface area (Å²) in [5, 5.41) is 5.66. The van der Waals surface area contributed by atoms with Crippen LogP contribution in [-0.2, 0) is 11.3 Å². The number of nitrogens with one attached hydrogen (secondary N) is 2. The van der Waals surface area contributed by atoms with Gasteiger partial charge in [-0.2, -0.15) is 8.78 Å². The van der Waals surface area contributed by atoms with Crippen LogP contribution in [0.4, 0.5) is 13.2 Å². The molecular formula is C17H25F3N4O2. The summed E-state index contributed by atoms with van der Waals surface area (Å²) < 4.78 is 43.2. The molecule has 0 saturated heterocycles. The van der Waals surface area contributed by atoms with Crippen LogP contribution in [0, 0.1) is 5.82 Å². The molecule has 0 spiro atoms. The monoisotopic (exact) mass is 374 g/mol. The van der Waals surface area contributed by atoms with Crippen LogP contribution in [0.3, 0.4) is 0 Å². The standard InChI is InChI=1S/C17H25F3N4O2/c1-17(2,3)23-14(25)10-24(5)16(21-4)22-9-11-12(18)7-6-8-13(11)26-15(19)20/h6-8,15H,9-10H2,1-5H3,(H,21,22)(H,23,25). The number of benzene rings is 1. The smallest absolute Gasteiger partial charge is 0.387 e. The van der Waals surface area contributed by atoms with Crippen molar-refractivity contribution in [1.29, 1.82) is 0 Å². The molecular weight excluding hydrogens is 349 g/mol. The first-order valence-corrected chi connectivity index (χ1v) is 7.98. The third-order valence-corrected chi connectivity index (χ3v) is 3.18. The molecule has 26 heavy (non-hydrogen) atoms. The Labute approximate surface area is 151 Å². The number of halogens is 3. The topological polar surface area (TPSA) is 66.0 Å². The van der Waals surface area contributed by atoms with Gasteiger partial charge in [0.15, 0.2) is 5.96 Å². The molecule has 146 valence electrons. The van der Waals surface area contributed by atoms with Crippen molar-refractivity contribution in [2.75, 3.05) is 20.6 Å². The van der Waals surface area contributed by atoms with E-state index in [1.807, 2.05) is 20.8 Å². The molecule has 1 amide bonds. The van der Waals surface area contributed by atoms with E-state index in [0.29, 0.717) is 5.96 Å². The van der Waals surface area contributed by atoms with Gasteiger partial charge < -0.3 is 20.3 Å². The molecule has 1 rings (SSSR count). The fourth-order valence-electron chi connectivity index (χ4n) is 2.22. The van der Waals surface area contributed by atoms with Gasteiger partial charge in [0.25, 0.3) is 0 Å². The number of likely N-dealkylation sites (N-methyl/N-ethyl adjacent to an activating group) is 1. The maximum absolute atomic E-state index is 14.0. The van der Waals surface area contributed by atoms with Gasteiger partial charge in [-0.1, -0.05) is 6.07 Å². The van der Waals surface area contributed by atoms with Gasteiger partial charge in [0.1, 0.15) is 11.6 Å². The summed E-state index contributed by atoms with van der Waals surface area (Å²) in [6, 6.07) is 3.70. The van der Waals surface area contributed by atoms with Crippen LogP contribution in [0.25, 0.3) is 0 Å². The van der Waals surface area contributed by atoms with E-state index in [2.05, 4.69) is 20.4 Å². The molecule has 6 nitrogen and oxygen atoms in total. The van der Waals surface area contributed by atoms with Gasteiger partial charge >= 0.3 is 6.61 Å². The van der Waals surface area contributed by atoms with Crippen LogP contribution in [0.5, 0.6) is 5.75 Å². The third kappa shape index (κ3) is 7.20. The lowest BCUT2D eigenvalue weighted by Crippen LogP contribution is -2.48. The average Bonchev–Trinajstić information content (AvgIpc) is 2.47. The summed E-state index contributed by atoms with van der Waals surface area (Å²) in [5.41, 5.74) is -0.426. The van der Waals surface area contributed by atoms with E-state index in [9.17, 15) is 18.0 Å². The average molecular weight is 374 g/mol. The normalized spacial score (nSPS) is 12.1. The van der Waals surface area contributed by atoms with Crippen molar-refractivity contribution in [2.45, 2.75) is 39.5 Å². The molecule has 0 aliphatic heterocycles. The Kier molecular flexibility index (Phi) is 7.73. The van der Waals surface area contributed by atoms with Crippen LogP contribution in [0.1, 0.15) is 26.3 Å². The Morgan fingerprint density at radius 2 is 2.00 bits per heavy atom. The second-order valence-corrected chi connectivity index (χ2v) is 6.65. The highest BCUT2D eigenvalue weighted by Gasteiger charge is 2.18. The van der Waals surface area contributed by atoms with Crippen molar-refractivity contribution in [2.24, 2.45) is 4.99 Å². The minimum absolute atomic E-state index is 0.0224. The van der Waals surface area contributed by atoms with E-state index in [4.69, 9.17) is 0 Å². The first-order valence-electron chi connectivity index (χ1n) is 7.98. The molecule has 0 saturated carbocycles. The fourth-order valence-corrected chi connectivity index (χ4v) is 2.22. The summed E-state index contributed by atoms with van der Waals surface area (Å²) >= 11 is 0. The van der Waals surface area contributed by atoms with E-state index in [0.717, 1.165) is 6.07 Å². The van der Waals surface area contributed by atoms with Crippen LogP contribution in [-0.4, -0.2) is 49.6 Å². The number of amides is 1. The number of rotatable bonds is 6. The van der Waals surface area contributed by atoms with Gasteiger partial charge in [-0.3, -0.25) is 9.79 Å². The quantitative estimate of drug-likeness (QED) is 0.593. The zero-order valence-corrected chi connectivity index (χ0v) is 15.6. The molecule has 0 heterocycles. The summed E-state index contributed by atoms with van der Waals surface area (Å²) in [4.78, 5) is 17.5. The number of nitrogens with zero attached hydrogens (tertiary/aromatic N) is 2. The van der Waals surface area contributed by atoms with E-state index in [-0.39, 0.29) is 35.8 Å². The number of hydrogen-bond donors (Lipinski definition) is 2. The molecule has 9 heteroatoms. The van der Waals surface area contributed by atoms with Crippen LogP contribution >= 0.6 is 0 Å². The van der Waals surface area contributed by atoms with Gasteiger partial charge in [-0.15, -0.1) is 0 Å². The SMILES string of the molecule is CN=C(NCc1c(F)cccc1OC(F)F)N(C)CC(=O)NC(C)(C)C. The molecule has 0 atom stereocenters. The summed E-state index contributed by atoms with van der Waals surface area (Å²) in [6.07, 6.45) is 0. The Morgan fingerprint density at radius 3 is 2.54 bits per heavy atom. The fraction of sp³-hybridized carbons (Fsp3) is 0.529. The minimum Gasteiger partial charge on any atom is -0.434 e. The number of carbonyl (C=O) groups excluding carboxylic acids is 1. The van der Waals surface area contributed by atoms with Crippen molar-refractivity contribution < 1.29 is 22.7 Å². The van der Waals surface area contributed by atoms with Crippen molar-refractivity contribution in [3.8, 4) is 5.75 Å². The lowest BCUT2D eigenvalue weighted by molar-refractivity contribution is -0.122. The first kappa shape index (κ1) is 21.6. The first-order chi connectivity index (χ1) is 12.0. The second kappa shape index (κ2) is 9.30. The molecule has 1 aromatic rings. The van der Waals surface area contributed by atoms with Crippen molar-refractivity contribution in [1.82, 2.24) is 15.5 Å². The number of hydrogen-bond acceptors (Lipinski definition) is 3. The highest BCUT2D eigenvalue weighted by atomic mass is 19.3. The summed E-state index contributed by atoms with van der Waals surface area (Å²) in [7, 11) is 3.13. The van der Waals surface area contributed by atoms with Crippen LogP contribution in [0.2, 0.25) is 0 Å². The largest absolute Gasteiger partial charge is 0.434 e. The Morgan fingerprint density at radius 1 is 1.35 bits per heavy atom. The highest BCUT2D eigenvalue weighted by molar-refractivity contribution is 5.86. The molecule has 0 aliphatic carbocycles. The third-order valence-electron chi connectivity index (χ3n) is 3.18. The van der Waals surface area contributed by atoms with E-state index in [1.54, 1.807) is 7.05 Å². The summed E-state index contributed by atoms with van der Waals surface area (Å²) in [6.45, 7) is 2.42. The van der Waals surface area contributed by atoms with E-state index in [1.165, 1.54) is 24.1 Å². The number of ether oxygens (including phenoxy) is 1. The molecule has 0 radical (unpaired) electrons. The van der Waals surface area contributed by atoms with Crippen molar-refractivity contribution in [3.05, 3.63) is 29.6 Å². The molecule has 2 N–H and O–H groups in total. The Balaban J connectivity index is 2.77. The predicted molar refractivity (Wildman–Crippen MR) is 93.8 cm³/mol.